The van der Waals surface area contributed by atoms with E-state index >= 15 is 0 Å². The maximum Gasteiger partial charge on any atom is 0.410 e. The first kappa shape index (κ1) is 37.0. The molecule has 2 aliphatic heterocycles. The van der Waals surface area contributed by atoms with Gasteiger partial charge in [-0.05, 0) is 84.6 Å². The Hall–Kier alpha value is -1.87. The minimum absolute atomic E-state index is 0.126. The summed E-state index contributed by atoms with van der Waals surface area (Å²) in [5.74, 6) is 0.690. The van der Waals surface area contributed by atoms with Crippen LogP contribution in [0.15, 0.2) is 36.0 Å². The molecule has 2 N–H and O–H groups in total. The summed E-state index contributed by atoms with van der Waals surface area (Å²) in [6.45, 7) is 11.1. The summed E-state index contributed by atoms with van der Waals surface area (Å²) in [5.41, 5.74) is -0.116. The van der Waals surface area contributed by atoms with Crippen LogP contribution in [0.2, 0.25) is 0 Å². The molecule has 9 heteroatoms. The van der Waals surface area contributed by atoms with Crippen LogP contribution in [0.3, 0.4) is 0 Å². The highest BCUT2D eigenvalue weighted by molar-refractivity contribution is 6.18. The van der Waals surface area contributed by atoms with Gasteiger partial charge in [-0.3, -0.25) is 9.69 Å². The van der Waals surface area contributed by atoms with Crippen molar-refractivity contribution in [3.63, 3.8) is 0 Å². The van der Waals surface area contributed by atoms with Crippen molar-refractivity contribution in [2.24, 2.45) is 5.92 Å². The largest absolute Gasteiger partial charge is 0.442 e. The van der Waals surface area contributed by atoms with Crippen LogP contribution >= 0.6 is 11.6 Å². The Labute approximate surface area is 283 Å². The predicted molar refractivity (Wildman–Crippen MR) is 185 cm³/mol. The van der Waals surface area contributed by atoms with Gasteiger partial charge in [-0.1, -0.05) is 49.5 Å². The van der Waals surface area contributed by atoms with Gasteiger partial charge in [0.1, 0.15) is 6.10 Å². The third-order valence-corrected chi connectivity index (χ3v) is 10.8. The minimum atomic E-state index is -0.894. The van der Waals surface area contributed by atoms with Crippen LogP contribution in [0.5, 0.6) is 0 Å². The van der Waals surface area contributed by atoms with E-state index < -0.39 is 17.3 Å². The molecule has 2 aliphatic carbocycles. The Kier molecular flexibility index (Phi) is 14.1. The fourth-order valence-electron chi connectivity index (χ4n) is 7.80. The third-order valence-electron chi connectivity index (χ3n) is 10.3. The summed E-state index contributed by atoms with van der Waals surface area (Å²) in [7, 11) is 0. The number of nitrogens with zero attached hydrogens (tertiary/aromatic N) is 2. The summed E-state index contributed by atoms with van der Waals surface area (Å²) in [5, 5.41) is 13.9. The Morgan fingerprint density at radius 2 is 1.70 bits per heavy atom. The number of hydrogen-bond acceptors (Lipinski definition) is 6. The normalized spacial score (nSPS) is 31.1. The number of rotatable bonds is 10. The van der Waals surface area contributed by atoms with Gasteiger partial charge in [0.2, 0.25) is 5.91 Å². The molecule has 2 saturated heterocycles. The molecule has 4 rings (SSSR count). The van der Waals surface area contributed by atoms with E-state index in [4.69, 9.17) is 21.1 Å². The SMILES string of the molecule is CC(/C=C/[C@@H]1C[C@](O)(CCl)CC(C)(C)O1)=C\C[C@H]1CC[C@@H](NC(=O)/C=C\[C@H](C)OC(=O)N2CCN(C3CCCCCC3)CC2)CC1. The van der Waals surface area contributed by atoms with Gasteiger partial charge in [0.15, 0.2) is 0 Å². The van der Waals surface area contributed by atoms with Crippen LogP contribution in [0, 0.1) is 5.92 Å². The Morgan fingerprint density at radius 1 is 1.02 bits per heavy atom. The minimum Gasteiger partial charge on any atom is -0.442 e. The lowest BCUT2D eigenvalue weighted by atomic mass is 9.82. The zero-order valence-electron chi connectivity index (χ0n) is 28.9. The van der Waals surface area contributed by atoms with Crippen LogP contribution in [-0.2, 0) is 14.3 Å². The second-order valence-electron chi connectivity index (χ2n) is 15.0. The molecule has 2 saturated carbocycles. The van der Waals surface area contributed by atoms with E-state index in [1.54, 1.807) is 11.0 Å². The van der Waals surface area contributed by atoms with E-state index in [2.05, 4.69) is 29.3 Å². The standard InChI is InChI=1S/C37H60ClN3O5/c1-28(12-19-33-25-37(44,27-38)26-36(3,4)46-33)11-14-30-15-17-31(18-16-30)39-34(42)20-13-29(2)45-35(43)41-23-21-40(22-24-41)32-9-7-5-6-8-10-32/h11-13,19-20,29-33,44H,5-10,14-18,21-27H2,1-4H3,(H,39,42)/b19-12+,20-13-,28-11+/t29-,30-,31+,33+,37+/m0/s1. The van der Waals surface area contributed by atoms with Crippen molar-refractivity contribution in [3.05, 3.63) is 36.0 Å². The maximum atomic E-state index is 12.7. The van der Waals surface area contributed by atoms with E-state index in [0.717, 1.165) is 45.2 Å². The molecule has 3 atom stereocenters. The van der Waals surface area contributed by atoms with E-state index in [-0.39, 0.29) is 30.0 Å². The first-order valence-corrected chi connectivity index (χ1v) is 18.5. The Morgan fingerprint density at radius 3 is 2.35 bits per heavy atom. The second kappa shape index (κ2) is 17.5. The van der Waals surface area contributed by atoms with Gasteiger partial charge in [0.25, 0.3) is 0 Å². The Balaban J connectivity index is 1.10. The number of alkyl halides is 1. The number of aliphatic hydroxyl groups is 1. The fraction of sp³-hybridized carbons (Fsp3) is 0.784. The molecule has 0 aromatic rings. The number of piperazine rings is 1. The van der Waals surface area contributed by atoms with Crippen LogP contribution < -0.4 is 5.32 Å². The van der Waals surface area contributed by atoms with Gasteiger partial charge in [0.05, 0.1) is 23.2 Å². The number of carbonyl (C=O) groups is 2. The molecule has 4 aliphatic rings. The molecule has 2 heterocycles. The van der Waals surface area contributed by atoms with Crippen molar-refractivity contribution < 1.29 is 24.2 Å². The lowest BCUT2D eigenvalue weighted by Gasteiger charge is -2.44. The topological polar surface area (TPSA) is 91.3 Å². The quantitative estimate of drug-likeness (QED) is 0.115. The molecular weight excluding hydrogens is 602 g/mol. The van der Waals surface area contributed by atoms with Crippen LogP contribution in [0.1, 0.15) is 111 Å². The molecule has 8 nitrogen and oxygen atoms in total. The first-order chi connectivity index (χ1) is 21.9. The third kappa shape index (κ3) is 12.0. The number of carbonyl (C=O) groups excluding carboxylic acids is 2. The zero-order valence-corrected chi connectivity index (χ0v) is 29.6. The highest BCUT2D eigenvalue weighted by Gasteiger charge is 2.42. The fourth-order valence-corrected chi connectivity index (χ4v) is 8.00. The van der Waals surface area contributed by atoms with Gasteiger partial charge in [-0.25, -0.2) is 4.79 Å². The van der Waals surface area contributed by atoms with E-state index in [1.807, 2.05) is 26.8 Å². The van der Waals surface area contributed by atoms with Crippen molar-refractivity contribution in [2.45, 2.75) is 147 Å². The average molecular weight is 662 g/mol. The van der Waals surface area contributed by atoms with Crippen molar-refractivity contribution in [2.75, 3.05) is 32.1 Å². The smallest absolute Gasteiger partial charge is 0.410 e. The van der Waals surface area contributed by atoms with E-state index in [1.165, 1.54) is 50.2 Å². The monoisotopic (exact) mass is 661 g/mol. The van der Waals surface area contributed by atoms with Gasteiger partial charge in [-0.2, -0.15) is 0 Å². The highest BCUT2D eigenvalue weighted by Crippen LogP contribution is 2.37. The molecule has 0 radical (unpaired) electrons. The molecule has 0 bridgehead atoms. The molecule has 2 amide bonds. The molecule has 0 spiro atoms. The van der Waals surface area contributed by atoms with Crippen molar-refractivity contribution in [1.82, 2.24) is 15.1 Å². The molecule has 0 aromatic carbocycles. The summed E-state index contributed by atoms with van der Waals surface area (Å²) >= 11 is 6.06. The summed E-state index contributed by atoms with van der Waals surface area (Å²) in [6.07, 6.45) is 22.8. The number of allylic oxidation sites excluding steroid dienone is 3. The highest BCUT2D eigenvalue weighted by atomic mass is 35.5. The van der Waals surface area contributed by atoms with Gasteiger partial charge in [0, 0.05) is 57.2 Å². The molecule has 46 heavy (non-hydrogen) atoms. The van der Waals surface area contributed by atoms with Crippen LogP contribution in [0.4, 0.5) is 4.79 Å². The van der Waals surface area contributed by atoms with Gasteiger partial charge in [-0.15, -0.1) is 11.6 Å². The van der Waals surface area contributed by atoms with Gasteiger partial charge >= 0.3 is 6.09 Å². The molecular formula is C37H60ClN3O5. The lowest BCUT2D eigenvalue weighted by Crippen LogP contribution is -2.52. The summed E-state index contributed by atoms with van der Waals surface area (Å²) in [4.78, 5) is 29.7. The number of nitrogens with one attached hydrogen (secondary N) is 1. The van der Waals surface area contributed by atoms with Gasteiger partial charge < -0.3 is 24.8 Å². The average Bonchev–Trinajstić information content (AvgIpc) is 3.31. The van der Waals surface area contributed by atoms with E-state index in [9.17, 15) is 14.7 Å². The number of ether oxygens (including phenoxy) is 2. The van der Waals surface area contributed by atoms with Crippen LogP contribution in [0.25, 0.3) is 0 Å². The predicted octanol–water partition coefficient (Wildman–Crippen LogP) is 6.90. The Bertz CT molecular complexity index is 1070. The van der Waals surface area contributed by atoms with Crippen LogP contribution in [-0.4, -0.2) is 94.5 Å². The number of halogens is 1. The summed E-state index contributed by atoms with van der Waals surface area (Å²) in [6, 6.07) is 0.843. The molecule has 0 unspecified atom stereocenters. The lowest BCUT2D eigenvalue weighted by molar-refractivity contribution is -0.160. The van der Waals surface area contributed by atoms with Crippen molar-refractivity contribution >= 4 is 23.6 Å². The van der Waals surface area contributed by atoms with Crippen molar-refractivity contribution in [3.8, 4) is 0 Å². The van der Waals surface area contributed by atoms with Crippen molar-refractivity contribution in [1.29, 1.82) is 0 Å². The van der Waals surface area contributed by atoms with E-state index in [0.29, 0.717) is 37.9 Å². The number of amides is 2. The number of hydrogen-bond donors (Lipinski definition) is 2. The maximum absolute atomic E-state index is 12.7. The summed E-state index contributed by atoms with van der Waals surface area (Å²) < 4.78 is 11.8. The first-order valence-electron chi connectivity index (χ1n) is 17.9. The second-order valence-corrected chi connectivity index (χ2v) is 15.3. The molecule has 0 aromatic heterocycles. The zero-order chi connectivity index (χ0) is 33.2. The molecule has 260 valence electrons. The molecule has 4 fully saturated rings.